The monoisotopic (exact) mass is 406 g/mol. The Morgan fingerprint density at radius 3 is 2.62 bits per heavy atom. The Balaban J connectivity index is 1.60. The normalized spacial score (nSPS) is 12.1. The highest BCUT2D eigenvalue weighted by Crippen LogP contribution is 2.38. The number of nitro benzene ring substituents is 1. The quantitative estimate of drug-likeness (QED) is 0.339. The Morgan fingerprint density at radius 2 is 1.93 bits per heavy atom. The molecule has 0 aromatic heterocycles. The number of hydrogen-bond donors (Lipinski definition) is 1. The Labute approximate surface area is 161 Å². The lowest BCUT2D eigenvalue weighted by Gasteiger charge is -2.06. The maximum absolute atomic E-state index is 13.5. The molecular formula is C18H12F2N2O7. The summed E-state index contributed by atoms with van der Waals surface area (Å²) in [6.07, 6.45) is 2.01. The predicted molar refractivity (Wildman–Crippen MR) is 94.2 cm³/mol. The van der Waals surface area contributed by atoms with Crippen molar-refractivity contribution >= 4 is 29.3 Å². The van der Waals surface area contributed by atoms with Crippen LogP contribution in [0.15, 0.2) is 36.4 Å². The molecule has 0 aliphatic carbocycles. The van der Waals surface area contributed by atoms with Gasteiger partial charge in [-0.25, -0.2) is 13.6 Å². The molecule has 150 valence electrons. The van der Waals surface area contributed by atoms with Crippen molar-refractivity contribution in [1.82, 2.24) is 0 Å². The van der Waals surface area contributed by atoms with Crippen LogP contribution in [0.3, 0.4) is 0 Å². The average molecular weight is 406 g/mol. The van der Waals surface area contributed by atoms with Gasteiger partial charge in [0.1, 0.15) is 11.6 Å². The Morgan fingerprint density at radius 1 is 1.21 bits per heavy atom. The van der Waals surface area contributed by atoms with E-state index in [1.54, 1.807) is 0 Å². The first-order valence-electron chi connectivity index (χ1n) is 8.01. The van der Waals surface area contributed by atoms with Gasteiger partial charge in [0, 0.05) is 12.1 Å². The standard InChI is InChI=1S/C18H12F2N2O7/c19-11-2-3-13(12(20)6-11)21-17(23)8-27-18(24)4-1-10-5-15-16(29-9-28-15)7-14(10)22(25)26/h1-7H,8-9H2,(H,21,23)/b4-1+. The summed E-state index contributed by atoms with van der Waals surface area (Å²) in [5.74, 6) is -3.13. The van der Waals surface area contributed by atoms with Gasteiger partial charge in [-0.1, -0.05) is 0 Å². The summed E-state index contributed by atoms with van der Waals surface area (Å²) in [5.41, 5.74) is -0.532. The van der Waals surface area contributed by atoms with E-state index in [2.05, 4.69) is 5.32 Å². The van der Waals surface area contributed by atoms with E-state index in [0.717, 1.165) is 30.4 Å². The number of nitro groups is 1. The summed E-state index contributed by atoms with van der Waals surface area (Å²) < 4.78 is 41.2. The van der Waals surface area contributed by atoms with Crippen LogP contribution in [-0.2, 0) is 14.3 Å². The van der Waals surface area contributed by atoms with Crippen LogP contribution in [0.5, 0.6) is 11.5 Å². The van der Waals surface area contributed by atoms with Crippen molar-refractivity contribution in [2.75, 3.05) is 18.7 Å². The zero-order chi connectivity index (χ0) is 21.0. The third kappa shape index (κ3) is 4.83. The van der Waals surface area contributed by atoms with Crippen molar-refractivity contribution < 1.29 is 37.5 Å². The van der Waals surface area contributed by atoms with Gasteiger partial charge in [0.25, 0.3) is 11.6 Å². The van der Waals surface area contributed by atoms with Gasteiger partial charge >= 0.3 is 5.97 Å². The lowest BCUT2D eigenvalue weighted by Crippen LogP contribution is -2.20. The number of ether oxygens (including phenoxy) is 3. The number of benzene rings is 2. The summed E-state index contributed by atoms with van der Waals surface area (Å²) in [6.45, 7) is -0.825. The Bertz CT molecular complexity index is 1020. The number of hydrogen-bond acceptors (Lipinski definition) is 7. The number of carbonyl (C=O) groups excluding carboxylic acids is 2. The number of nitrogens with one attached hydrogen (secondary N) is 1. The molecule has 29 heavy (non-hydrogen) atoms. The van der Waals surface area contributed by atoms with E-state index in [-0.39, 0.29) is 35.2 Å². The molecule has 0 saturated heterocycles. The van der Waals surface area contributed by atoms with Gasteiger partial charge in [0.15, 0.2) is 18.1 Å². The molecule has 1 N–H and O–H groups in total. The molecule has 9 nitrogen and oxygen atoms in total. The van der Waals surface area contributed by atoms with Crippen molar-refractivity contribution in [3.05, 3.63) is 63.7 Å². The maximum Gasteiger partial charge on any atom is 0.331 e. The van der Waals surface area contributed by atoms with Crippen molar-refractivity contribution in [3.8, 4) is 11.5 Å². The minimum atomic E-state index is -0.986. The molecule has 0 bridgehead atoms. The number of carbonyl (C=O) groups is 2. The van der Waals surface area contributed by atoms with Gasteiger partial charge in [-0.05, 0) is 24.3 Å². The number of nitrogens with zero attached hydrogens (tertiary/aromatic N) is 1. The number of halogens is 2. The van der Waals surface area contributed by atoms with E-state index in [1.807, 2.05) is 0 Å². The molecule has 2 aromatic rings. The SMILES string of the molecule is O=C(COC(=O)/C=C/c1cc2c(cc1[N+](=O)[O-])OCO2)Nc1ccc(F)cc1F. The van der Waals surface area contributed by atoms with Crippen LogP contribution in [0.4, 0.5) is 20.2 Å². The van der Waals surface area contributed by atoms with Crippen molar-refractivity contribution in [2.45, 2.75) is 0 Å². The fourth-order valence-electron chi connectivity index (χ4n) is 2.36. The van der Waals surface area contributed by atoms with Crippen LogP contribution < -0.4 is 14.8 Å². The number of esters is 1. The second-order valence-electron chi connectivity index (χ2n) is 5.63. The molecule has 3 rings (SSSR count). The highest BCUT2D eigenvalue weighted by molar-refractivity contribution is 5.95. The molecule has 0 atom stereocenters. The zero-order valence-corrected chi connectivity index (χ0v) is 14.5. The number of anilines is 1. The molecule has 11 heteroatoms. The summed E-state index contributed by atoms with van der Waals surface area (Å²) in [7, 11) is 0. The van der Waals surface area contributed by atoms with Gasteiger partial charge in [-0.3, -0.25) is 14.9 Å². The van der Waals surface area contributed by atoms with Gasteiger partial charge in [-0.15, -0.1) is 0 Å². The van der Waals surface area contributed by atoms with E-state index in [1.165, 1.54) is 6.07 Å². The Hall–Kier alpha value is -4.02. The average Bonchev–Trinajstić information content (AvgIpc) is 3.13. The van der Waals surface area contributed by atoms with Crippen LogP contribution in [0, 0.1) is 21.7 Å². The van der Waals surface area contributed by atoms with Crippen LogP contribution in [-0.4, -0.2) is 30.2 Å². The molecule has 1 aliphatic rings. The molecule has 0 unspecified atom stereocenters. The first kappa shape index (κ1) is 19.7. The van der Waals surface area contributed by atoms with Gasteiger partial charge < -0.3 is 19.5 Å². The van der Waals surface area contributed by atoms with Gasteiger partial charge in [0.05, 0.1) is 22.2 Å². The molecule has 0 fully saturated rings. The summed E-state index contributed by atoms with van der Waals surface area (Å²) in [4.78, 5) is 34.0. The molecule has 1 heterocycles. The second-order valence-corrected chi connectivity index (χ2v) is 5.63. The summed E-state index contributed by atoms with van der Waals surface area (Å²) in [5, 5.41) is 13.3. The van der Waals surface area contributed by atoms with Crippen LogP contribution in [0.2, 0.25) is 0 Å². The van der Waals surface area contributed by atoms with Gasteiger partial charge in [-0.2, -0.15) is 0 Å². The first-order valence-corrected chi connectivity index (χ1v) is 8.01. The molecule has 0 saturated carbocycles. The number of rotatable bonds is 6. The predicted octanol–water partition coefficient (Wildman–Crippen LogP) is 2.80. The maximum atomic E-state index is 13.5. The van der Waals surface area contributed by atoms with E-state index in [0.29, 0.717) is 6.07 Å². The fraction of sp³-hybridized carbons (Fsp3) is 0.111. The highest BCUT2D eigenvalue weighted by Gasteiger charge is 2.22. The summed E-state index contributed by atoms with van der Waals surface area (Å²) >= 11 is 0. The van der Waals surface area contributed by atoms with Crippen molar-refractivity contribution in [2.24, 2.45) is 0 Å². The molecule has 1 aliphatic heterocycles. The highest BCUT2D eigenvalue weighted by atomic mass is 19.1. The Kier molecular flexibility index (Phi) is 5.67. The largest absolute Gasteiger partial charge is 0.454 e. The van der Waals surface area contributed by atoms with Crippen LogP contribution in [0.25, 0.3) is 6.08 Å². The molecule has 1 amide bonds. The van der Waals surface area contributed by atoms with E-state index in [9.17, 15) is 28.5 Å². The number of fused-ring (bicyclic) bond motifs is 1. The second kappa shape index (κ2) is 8.33. The minimum Gasteiger partial charge on any atom is -0.454 e. The third-order valence-corrected chi connectivity index (χ3v) is 3.67. The smallest absolute Gasteiger partial charge is 0.331 e. The van der Waals surface area contributed by atoms with E-state index >= 15 is 0 Å². The van der Waals surface area contributed by atoms with Crippen LogP contribution >= 0.6 is 0 Å². The number of amides is 1. The molecular weight excluding hydrogens is 394 g/mol. The summed E-state index contributed by atoms with van der Waals surface area (Å²) in [6, 6.07) is 5.05. The molecule has 2 aromatic carbocycles. The van der Waals surface area contributed by atoms with E-state index in [4.69, 9.17) is 14.2 Å². The van der Waals surface area contributed by atoms with Gasteiger partial charge in [0.2, 0.25) is 6.79 Å². The molecule has 0 spiro atoms. The topological polar surface area (TPSA) is 117 Å². The lowest BCUT2D eigenvalue weighted by molar-refractivity contribution is -0.385. The zero-order valence-electron chi connectivity index (χ0n) is 14.5. The van der Waals surface area contributed by atoms with Crippen molar-refractivity contribution in [1.29, 1.82) is 0 Å². The van der Waals surface area contributed by atoms with Crippen LogP contribution in [0.1, 0.15) is 5.56 Å². The van der Waals surface area contributed by atoms with E-state index < -0.39 is 35.0 Å². The fourth-order valence-corrected chi connectivity index (χ4v) is 2.36. The third-order valence-electron chi connectivity index (χ3n) is 3.67. The first-order chi connectivity index (χ1) is 13.8. The molecule has 0 radical (unpaired) electrons. The minimum absolute atomic E-state index is 0.0639. The lowest BCUT2D eigenvalue weighted by atomic mass is 10.1. The van der Waals surface area contributed by atoms with Crippen molar-refractivity contribution in [3.63, 3.8) is 0 Å².